The van der Waals surface area contributed by atoms with Crippen LogP contribution in [0.25, 0.3) is 11.0 Å². The maximum absolute atomic E-state index is 12.6. The van der Waals surface area contributed by atoms with Crippen molar-refractivity contribution in [1.82, 2.24) is 9.55 Å². The number of anilines is 1. The third-order valence-electron chi connectivity index (χ3n) is 4.15. The number of aromatic nitrogens is 2. The van der Waals surface area contributed by atoms with Gasteiger partial charge < -0.3 is 15.6 Å². The number of fused-ring (bicyclic) bond motifs is 1. The minimum atomic E-state index is -3.84. The van der Waals surface area contributed by atoms with Crippen molar-refractivity contribution in [2.45, 2.75) is 35.7 Å². The van der Waals surface area contributed by atoms with Gasteiger partial charge in [0.15, 0.2) is 5.16 Å². The monoisotopic (exact) mass is 453 g/mol. The quantitative estimate of drug-likeness (QED) is 0.466. The molecule has 2 amide bonds. The summed E-state index contributed by atoms with van der Waals surface area (Å²) in [7, 11) is -3.84. The fourth-order valence-corrected chi connectivity index (χ4v) is 5.00. The van der Waals surface area contributed by atoms with Crippen molar-refractivity contribution in [3.8, 4) is 0 Å². The van der Waals surface area contributed by atoms with E-state index in [1.807, 2.05) is 11.5 Å². The van der Waals surface area contributed by atoms with Gasteiger partial charge in [0.05, 0.1) is 26.7 Å². The summed E-state index contributed by atoms with van der Waals surface area (Å²) < 4.78 is 25.1. The molecule has 9 nitrogen and oxygen atoms in total. The molecule has 3 rings (SSSR count). The molecule has 0 saturated carbocycles. The minimum Gasteiger partial charge on any atom is -0.366 e. The van der Waals surface area contributed by atoms with Gasteiger partial charge in [0.1, 0.15) is 5.00 Å². The molecule has 1 unspecified atom stereocenters. The molecule has 0 spiro atoms. The van der Waals surface area contributed by atoms with E-state index in [0.717, 1.165) is 5.52 Å². The number of nitrogens with zero attached hydrogens (tertiary/aromatic N) is 2. The van der Waals surface area contributed by atoms with Gasteiger partial charge in [-0.2, -0.15) is 0 Å². The zero-order chi connectivity index (χ0) is 21.3. The predicted octanol–water partition coefficient (Wildman–Crippen LogP) is 1.98. The molecule has 3 aromatic rings. The van der Waals surface area contributed by atoms with Gasteiger partial charge in [-0.15, -0.1) is 11.3 Å². The second-order valence-corrected chi connectivity index (χ2v) is 9.90. The Labute approximate surface area is 175 Å². The van der Waals surface area contributed by atoms with E-state index in [4.69, 9.17) is 10.9 Å². The normalized spacial score (nSPS) is 12.8. The first-order chi connectivity index (χ1) is 13.6. The highest BCUT2D eigenvalue weighted by Gasteiger charge is 2.22. The molecule has 2 heterocycles. The molecule has 0 aliphatic heterocycles. The number of hydrogen-bond donors (Lipinski definition) is 3. The number of amides is 2. The second kappa shape index (κ2) is 8.14. The van der Waals surface area contributed by atoms with Crippen LogP contribution in [0.15, 0.2) is 39.7 Å². The van der Waals surface area contributed by atoms with E-state index in [1.54, 1.807) is 24.4 Å². The number of primary amides is 1. The van der Waals surface area contributed by atoms with Crippen molar-refractivity contribution in [1.29, 1.82) is 0 Å². The summed E-state index contributed by atoms with van der Waals surface area (Å²) in [6, 6.07) is 6.04. The van der Waals surface area contributed by atoms with Crippen LogP contribution in [0.2, 0.25) is 0 Å². The average Bonchev–Trinajstić information content (AvgIpc) is 3.23. The lowest BCUT2D eigenvalue weighted by Gasteiger charge is -2.12. The highest BCUT2D eigenvalue weighted by Crippen LogP contribution is 2.30. The lowest BCUT2D eigenvalue weighted by atomic mass is 10.3. The number of primary sulfonamides is 1. The zero-order valence-corrected chi connectivity index (χ0v) is 18.0. The van der Waals surface area contributed by atoms with E-state index in [1.165, 1.54) is 35.2 Å². The van der Waals surface area contributed by atoms with Gasteiger partial charge in [0.2, 0.25) is 15.9 Å². The Kier molecular flexibility index (Phi) is 5.98. The number of imidazole rings is 1. The Morgan fingerprint density at radius 2 is 2.07 bits per heavy atom. The molecule has 29 heavy (non-hydrogen) atoms. The summed E-state index contributed by atoms with van der Waals surface area (Å²) in [4.78, 5) is 28.4. The SMILES string of the molecule is CCn1c(SC(C)C(=O)Nc2sccc2C(N)=O)nc2cc(S(N)(=O)=O)ccc21. The van der Waals surface area contributed by atoms with Gasteiger partial charge in [-0.3, -0.25) is 9.59 Å². The molecule has 5 N–H and O–H groups in total. The molecule has 0 radical (unpaired) electrons. The molecule has 1 aromatic carbocycles. The molecule has 12 heteroatoms. The lowest BCUT2D eigenvalue weighted by molar-refractivity contribution is -0.115. The summed E-state index contributed by atoms with van der Waals surface area (Å²) in [6.07, 6.45) is 0. The molecule has 1 atom stereocenters. The van der Waals surface area contributed by atoms with Gasteiger partial charge in [-0.25, -0.2) is 18.5 Å². The predicted molar refractivity (Wildman–Crippen MR) is 114 cm³/mol. The Balaban J connectivity index is 1.85. The highest BCUT2D eigenvalue weighted by molar-refractivity contribution is 8.00. The number of nitrogens with one attached hydrogen (secondary N) is 1. The number of aryl methyl sites for hydroxylation is 1. The van der Waals surface area contributed by atoms with Crippen LogP contribution in [0.4, 0.5) is 5.00 Å². The van der Waals surface area contributed by atoms with Gasteiger partial charge in [-0.1, -0.05) is 11.8 Å². The van der Waals surface area contributed by atoms with Crippen LogP contribution >= 0.6 is 23.1 Å². The summed E-state index contributed by atoms with van der Waals surface area (Å²) in [6.45, 7) is 4.22. The number of thiophene rings is 1. The topological polar surface area (TPSA) is 150 Å². The highest BCUT2D eigenvalue weighted by atomic mass is 32.2. The van der Waals surface area contributed by atoms with E-state index in [0.29, 0.717) is 22.2 Å². The Morgan fingerprint density at radius 3 is 2.69 bits per heavy atom. The van der Waals surface area contributed by atoms with E-state index in [-0.39, 0.29) is 16.4 Å². The van der Waals surface area contributed by atoms with Gasteiger partial charge in [-0.05, 0) is 43.5 Å². The number of nitrogens with two attached hydrogens (primary N) is 2. The second-order valence-electron chi connectivity index (χ2n) is 6.11. The lowest BCUT2D eigenvalue weighted by Crippen LogP contribution is -2.24. The molecule has 0 aliphatic carbocycles. The van der Waals surface area contributed by atoms with Crippen LogP contribution in [0.1, 0.15) is 24.2 Å². The summed E-state index contributed by atoms with van der Waals surface area (Å²) in [5.74, 6) is -0.917. The average molecular weight is 454 g/mol. The minimum absolute atomic E-state index is 0.0234. The number of benzene rings is 1. The van der Waals surface area contributed by atoms with Crippen molar-refractivity contribution < 1.29 is 18.0 Å². The molecule has 0 aliphatic rings. The van der Waals surface area contributed by atoms with Crippen molar-refractivity contribution >= 4 is 61.0 Å². The summed E-state index contributed by atoms with van der Waals surface area (Å²) in [5, 5.41) is 10.0. The summed E-state index contributed by atoms with van der Waals surface area (Å²) in [5.41, 5.74) is 6.78. The largest absolute Gasteiger partial charge is 0.366 e. The van der Waals surface area contributed by atoms with Crippen molar-refractivity contribution in [2.75, 3.05) is 5.32 Å². The van der Waals surface area contributed by atoms with Crippen LogP contribution in [-0.2, 0) is 21.4 Å². The fourth-order valence-electron chi connectivity index (χ4n) is 2.69. The van der Waals surface area contributed by atoms with Gasteiger partial charge in [0, 0.05) is 6.54 Å². The first-order valence-corrected chi connectivity index (χ1v) is 11.8. The van der Waals surface area contributed by atoms with Crippen LogP contribution in [0.5, 0.6) is 0 Å². The standard InChI is InChI=1S/C17H19N5O4S3/c1-3-22-13-5-4-10(29(19,25)26)8-12(13)20-17(22)28-9(2)15(24)21-16-11(14(18)23)6-7-27-16/h4-9H,3H2,1-2H3,(H2,18,23)(H,21,24)(H2,19,25,26). The number of rotatable bonds is 7. The van der Waals surface area contributed by atoms with Crippen LogP contribution in [-0.4, -0.2) is 35.0 Å². The number of sulfonamides is 1. The van der Waals surface area contributed by atoms with Crippen LogP contribution in [0.3, 0.4) is 0 Å². The molecular formula is C17H19N5O4S3. The Morgan fingerprint density at radius 1 is 1.34 bits per heavy atom. The third kappa shape index (κ3) is 4.45. The van der Waals surface area contributed by atoms with Crippen molar-refractivity contribution in [2.24, 2.45) is 10.9 Å². The third-order valence-corrected chi connectivity index (χ3v) is 6.98. The number of hydrogen-bond acceptors (Lipinski definition) is 7. The van der Waals surface area contributed by atoms with E-state index in [9.17, 15) is 18.0 Å². The molecule has 2 aromatic heterocycles. The van der Waals surface area contributed by atoms with Crippen LogP contribution in [0, 0.1) is 0 Å². The van der Waals surface area contributed by atoms with Crippen molar-refractivity contribution in [3.63, 3.8) is 0 Å². The number of carbonyl (C=O) groups is 2. The Hall–Kier alpha value is -2.41. The molecule has 0 saturated heterocycles. The number of carbonyl (C=O) groups excluding carboxylic acids is 2. The number of thioether (sulfide) groups is 1. The summed E-state index contributed by atoms with van der Waals surface area (Å²) >= 11 is 2.44. The fraction of sp³-hybridized carbons (Fsp3) is 0.235. The molecule has 0 bridgehead atoms. The van der Waals surface area contributed by atoms with E-state index in [2.05, 4.69) is 10.3 Å². The zero-order valence-electron chi connectivity index (χ0n) is 15.6. The van der Waals surface area contributed by atoms with E-state index >= 15 is 0 Å². The molecule has 0 fully saturated rings. The first kappa shape index (κ1) is 21.3. The van der Waals surface area contributed by atoms with E-state index < -0.39 is 21.2 Å². The Bertz CT molecular complexity index is 1200. The van der Waals surface area contributed by atoms with Gasteiger partial charge >= 0.3 is 0 Å². The smallest absolute Gasteiger partial charge is 0.251 e. The maximum atomic E-state index is 12.6. The van der Waals surface area contributed by atoms with Crippen molar-refractivity contribution in [3.05, 3.63) is 35.2 Å². The van der Waals surface area contributed by atoms with Crippen LogP contribution < -0.4 is 16.2 Å². The molecular weight excluding hydrogens is 434 g/mol. The molecule has 154 valence electrons. The maximum Gasteiger partial charge on any atom is 0.251 e. The van der Waals surface area contributed by atoms with Gasteiger partial charge in [0.25, 0.3) is 5.91 Å². The first-order valence-electron chi connectivity index (χ1n) is 8.49.